The Balaban J connectivity index is 2.18. The molecule has 1 heterocycles. The Bertz CT molecular complexity index is 283. The molecule has 0 amide bonds. The number of pyridine rings is 1. The number of likely N-dealkylation sites (N-methyl/N-ethyl adjacent to an activating group) is 1. The van der Waals surface area contributed by atoms with Gasteiger partial charge in [0.2, 0.25) is 0 Å². The van der Waals surface area contributed by atoms with E-state index in [0.29, 0.717) is 0 Å². The van der Waals surface area contributed by atoms with Gasteiger partial charge in [-0.2, -0.15) is 0 Å². The number of aromatic nitrogens is 1. The van der Waals surface area contributed by atoms with E-state index in [1.165, 1.54) is 0 Å². The molecule has 3 nitrogen and oxygen atoms in total. The van der Waals surface area contributed by atoms with Crippen LogP contribution in [0.25, 0.3) is 0 Å². The van der Waals surface area contributed by atoms with Crippen LogP contribution in [0.15, 0.2) is 22.8 Å². The number of hydrogen-bond donors (Lipinski definition) is 1. The lowest BCUT2D eigenvalue weighted by atomic mass is 10.3. The third-order valence-electron chi connectivity index (χ3n) is 2.59. The zero-order valence-corrected chi connectivity index (χ0v) is 11.6. The van der Waals surface area contributed by atoms with Gasteiger partial charge in [-0.3, -0.25) is 4.98 Å². The lowest BCUT2D eigenvalue weighted by molar-refractivity contribution is 0.302. The second-order valence-electron chi connectivity index (χ2n) is 3.67. The summed E-state index contributed by atoms with van der Waals surface area (Å²) in [5.74, 6) is 0. The highest BCUT2D eigenvalue weighted by molar-refractivity contribution is 9.10. The van der Waals surface area contributed by atoms with Crippen molar-refractivity contribution in [2.75, 3.05) is 26.2 Å². The van der Waals surface area contributed by atoms with E-state index in [4.69, 9.17) is 0 Å². The van der Waals surface area contributed by atoms with Gasteiger partial charge in [0, 0.05) is 30.3 Å². The summed E-state index contributed by atoms with van der Waals surface area (Å²) in [5.41, 5.74) is 1.09. The molecule has 0 aliphatic heterocycles. The van der Waals surface area contributed by atoms with Gasteiger partial charge in [-0.25, -0.2) is 0 Å². The zero-order chi connectivity index (χ0) is 11.8. The molecule has 0 spiro atoms. The summed E-state index contributed by atoms with van der Waals surface area (Å²) in [6, 6.07) is 4.06. The second kappa shape index (κ2) is 7.76. The molecule has 0 fully saturated rings. The maximum Gasteiger partial charge on any atom is 0.0542 e. The molecular weight excluding hydrogens is 266 g/mol. The molecule has 4 heteroatoms. The Morgan fingerprint density at radius 2 is 2.06 bits per heavy atom. The van der Waals surface area contributed by atoms with Gasteiger partial charge >= 0.3 is 0 Å². The average molecular weight is 286 g/mol. The molecule has 0 aliphatic carbocycles. The summed E-state index contributed by atoms with van der Waals surface area (Å²) < 4.78 is 1.03. The van der Waals surface area contributed by atoms with E-state index in [2.05, 4.69) is 45.0 Å². The Morgan fingerprint density at radius 3 is 2.62 bits per heavy atom. The fraction of sp³-hybridized carbons (Fsp3) is 0.583. The normalized spacial score (nSPS) is 11.0. The quantitative estimate of drug-likeness (QED) is 0.779. The molecule has 0 saturated heterocycles. The van der Waals surface area contributed by atoms with E-state index >= 15 is 0 Å². The Labute approximate surface area is 106 Å². The fourth-order valence-corrected chi connectivity index (χ4v) is 1.74. The number of rotatable bonds is 7. The number of hydrogen-bond acceptors (Lipinski definition) is 3. The summed E-state index contributed by atoms with van der Waals surface area (Å²) in [4.78, 5) is 6.72. The molecular formula is C12H20BrN3. The van der Waals surface area contributed by atoms with Gasteiger partial charge < -0.3 is 10.2 Å². The smallest absolute Gasteiger partial charge is 0.0542 e. The molecule has 1 N–H and O–H groups in total. The van der Waals surface area contributed by atoms with E-state index in [-0.39, 0.29) is 0 Å². The van der Waals surface area contributed by atoms with Crippen LogP contribution < -0.4 is 5.32 Å². The van der Waals surface area contributed by atoms with Crippen LogP contribution in [-0.2, 0) is 6.54 Å². The van der Waals surface area contributed by atoms with Crippen LogP contribution in [0.5, 0.6) is 0 Å². The third-order valence-corrected chi connectivity index (χ3v) is 3.06. The number of halogens is 1. The van der Waals surface area contributed by atoms with Crippen molar-refractivity contribution in [3.63, 3.8) is 0 Å². The fourth-order valence-electron chi connectivity index (χ4n) is 1.50. The van der Waals surface area contributed by atoms with Crippen LogP contribution in [0.1, 0.15) is 19.5 Å². The third kappa shape index (κ3) is 5.05. The topological polar surface area (TPSA) is 28.2 Å². The van der Waals surface area contributed by atoms with Gasteiger partial charge in [-0.1, -0.05) is 13.8 Å². The zero-order valence-electron chi connectivity index (χ0n) is 10.0. The maximum atomic E-state index is 4.31. The summed E-state index contributed by atoms with van der Waals surface area (Å²) in [5, 5.41) is 3.40. The molecule has 0 aromatic carbocycles. The molecule has 0 aliphatic rings. The van der Waals surface area contributed by atoms with E-state index in [0.717, 1.165) is 42.9 Å². The van der Waals surface area contributed by atoms with Crippen LogP contribution >= 0.6 is 15.9 Å². The molecule has 90 valence electrons. The SMILES string of the molecule is CCN(CC)CCNCc1ccc(Br)cn1. The van der Waals surface area contributed by atoms with Gasteiger partial charge in [0.25, 0.3) is 0 Å². The summed E-state index contributed by atoms with van der Waals surface area (Å²) >= 11 is 3.38. The van der Waals surface area contributed by atoms with Crippen LogP contribution in [-0.4, -0.2) is 36.1 Å². The highest BCUT2D eigenvalue weighted by Gasteiger charge is 1.98. The van der Waals surface area contributed by atoms with Crippen molar-refractivity contribution in [3.8, 4) is 0 Å². The van der Waals surface area contributed by atoms with E-state index in [1.54, 1.807) is 0 Å². The number of nitrogens with zero attached hydrogens (tertiary/aromatic N) is 2. The monoisotopic (exact) mass is 285 g/mol. The molecule has 0 unspecified atom stereocenters. The van der Waals surface area contributed by atoms with Crippen LogP contribution in [0.4, 0.5) is 0 Å². The molecule has 0 atom stereocenters. The van der Waals surface area contributed by atoms with Gasteiger partial charge in [0.1, 0.15) is 0 Å². The molecule has 0 bridgehead atoms. The lowest BCUT2D eigenvalue weighted by Crippen LogP contribution is -2.31. The molecule has 1 aromatic heterocycles. The standard InChI is InChI=1S/C12H20BrN3/c1-3-16(4-2)8-7-14-10-12-6-5-11(13)9-15-12/h5-6,9,14H,3-4,7-8,10H2,1-2H3. The Hall–Kier alpha value is -0.450. The highest BCUT2D eigenvalue weighted by Crippen LogP contribution is 2.06. The molecule has 1 aromatic rings. The molecule has 0 radical (unpaired) electrons. The van der Waals surface area contributed by atoms with Crippen LogP contribution in [0, 0.1) is 0 Å². The predicted octanol–water partition coefficient (Wildman–Crippen LogP) is 2.28. The largest absolute Gasteiger partial charge is 0.310 e. The summed E-state index contributed by atoms with van der Waals surface area (Å²) in [6.45, 7) is 9.58. The first kappa shape index (κ1) is 13.6. The lowest BCUT2D eigenvalue weighted by Gasteiger charge is -2.17. The maximum absolute atomic E-state index is 4.31. The number of nitrogens with one attached hydrogen (secondary N) is 1. The highest BCUT2D eigenvalue weighted by atomic mass is 79.9. The minimum Gasteiger partial charge on any atom is -0.310 e. The summed E-state index contributed by atoms with van der Waals surface area (Å²) in [6.07, 6.45) is 1.83. The first-order valence-corrected chi connectivity index (χ1v) is 6.59. The van der Waals surface area contributed by atoms with E-state index < -0.39 is 0 Å². The molecule has 1 rings (SSSR count). The van der Waals surface area contributed by atoms with Gasteiger partial charge in [0.05, 0.1) is 5.69 Å². The Kier molecular flexibility index (Phi) is 6.61. The first-order valence-electron chi connectivity index (χ1n) is 5.79. The van der Waals surface area contributed by atoms with Crippen molar-refractivity contribution in [2.45, 2.75) is 20.4 Å². The minimum absolute atomic E-state index is 0.842. The van der Waals surface area contributed by atoms with Gasteiger partial charge in [0.15, 0.2) is 0 Å². The van der Waals surface area contributed by atoms with E-state index in [9.17, 15) is 0 Å². The minimum atomic E-state index is 0.842. The van der Waals surface area contributed by atoms with E-state index in [1.807, 2.05) is 18.3 Å². The van der Waals surface area contributed by atoms with Crippen LogP contribution in [0.2, 0.25) is 0 Å². The van der Waals surface area contributed by atoms with Gasteiger partial charge in [-0.15, -0.1) is 0 Å². The van der Waals surface area contributed by atoms with Crippen molar-refractivity contribution in [1.82, 2.24) is 15.2 Å². The van der Waals surface area contributed by atoms with Gasteiger partial charge in [-0.05, 0) is 41.2 Å². The van der Waals surface area contributed by atoms with Crippen molar-refractivity contribution in [3.05, 3.63) is 28.5 Å². The van der Waals surface area contributed by atoms with Crippen molar-refractivity contribution in [1.29, 1.82) is 0 Å². The summed E-state index contributed by atoms with van der Waals surface area (Å²) in [7, 11) is 0. The second-order valence-corrected chi connectivity index (χ2v) is 4.59. The first-order chi connectivity index (χ1) is 7.76. The molecule has 16 heavy (non-hydrogen) atoms. The predicted molar refractivity (Wildman–Crippen MR) is 71.4 cm³/mol. The molecule has 0 saturated carbocycles. The van der Waals surface area contributed by atoms with Crippen molar-refractivity contribution >= 4 is 15.9 Å². The van der Waals surface area contributed by atoms with Crippen molar-refractivity contribution < 1.29 is 0 Å². The van der Waals surface area contributed by atoms with Crippen molar-refractivity contribution in [2.24, 2.45) is 0 Å². The Morgan fingerprint density at radius 1 is 1.31 bits per heavy atom. The average Bonchev–Trinajstić information content (AvgIpc) is 2.32. The van der Waals surface area contributed by atoms with Crippen LogP contribution in [0.3, 0.4) is 0 Å².